The number of ether oxygens (including phenoxy) is 3. The number of fused-ring (bicyclic) bond motifs is 3. The van der Waals surface area contributed by atoms with Crippen LogP contribution in [0.3, 0.4) is 0 Å². The van der Waals surface area contributed by atoms with E-state index < -0.39 is 98.3 Å². The Bertz CT molecular complexity index is 2260. The summed E-state index contributed by atoms with van der Waals surface area (Å²) in [6.45, 7) is 5.07. The second-order valence-electron chi connectivity index (χ2n) is 17.2. The number of aromatic nitrogens is 1. The maximum Gasteiger partial charge on any atom is 0.408 e. The van der Waals surface area contributed by atoms with Crippen LogP contribution in [0.5, 0.6) is 11.6 Å². The molecule has 0 radical (unpaired) electrons. The van der Waals surface area contributed by atoms with Gasteiger partial charge in [0.1, 0.15) is 23.7 Å². The number of alkyl halides is 2. The number of pyridine rings is 1. The van der Waals surface area contributed by atoms with E-state index in [-0.39, 0.29) is 61.8 Å². The van der Waals surface area contributed by atoms with Crippen LogP contribution in [0.1, 0.15) is 104 Å². The van der Waals surface area contributed by atoms with Crippen LogP contribution in [0.25, 0.3) is 10.8 Å². The average Bonchev–Trinajstić information content (AvgIpc) is 4.09. The lowest BCUT2D eigenvalue weighted by molar-refractivity contribution is -0.152. The van der Waals surface area contributed by atoms with Gasteiger partial charge in [-0.15, -0.1) is 0 Å². The number of hydrogen-bond acceptors (Lipinski definition) is 10. The molecule has 14 nitrogen and oxygen atoms in total. The van der Waals surface area contributed by atoms with Crippen molar-refractivity contribution >= 4 is 44.6 Å². The first-order valence-corrected chi connectivity index (χ1v) is 21.9. The lowest BCUT2D eigenvalue weighted by atomic mass is 9.85. The molecule has 60 heavy (non-hydrogen) atoms. The number of allylic oxidation sites excluding steroid dienone is 1. The average molecular weight is 867 g/mol. The topological polar surface area (TPSA) is 182 Å². The number of halogens is 3. The Morgan fingerprint density at radius 1 is 1.15 bits per heavy atom. The molecule has 0 bridgehead atoms. The van der Waals surface area contributed by atoms with Crippen LogP contribution in [0, 0.1) is 23.6 Å². The molecular formula is C42H56F3N5O9S. The van der Waals surface area contributed by atoms with Gasteiger partial charge >= 0.3 is 6.09 Å². The molecule has 2 aromatic rings. The van der Waals surface area contributed by atoms with Gasteiger partial charge in [-0.25, -0.2) is 31.4 Å². The normalized spacial score (nSPS) is 29.8. The van der Waals surface area contributed by atoms with Crippen molar-refractivity contribution in [2.75, 3.05) is 13.2 Å². The van der Waals surface area contributed by atoms with E-state index in [1.54, 1.807) is 32.1 Å². The Kier molecular flexibility index (Phi) is 11.3. The van der Waals surface area contributed by atoms with Crippen LogP contribution in [0.2, 0.25) is 0 Å². The van der Waals surface area contributed by atoms with Crippen molar-refractivity contribution in [3.05, 3.63) is 42.4 Å². The van der Waals surface area contributed by atoms with E-state index in [1.165, 1.54) is 18.3 Å². The Morgan fingerprint density at radius 3 is 2.53 bits per heavy atom. The summed E-state index contributed by atoms with van der Waals surface area (Å²) in [5.41, 5.74) is -4.14. The van der Waals surface area contributed by atoms with E-state index in [2.05, 4.69) is 15.6 Å². The van der Waals surface area contributed by atoms with Crippen LogP contribution in [0.4, 0.5) is 18.0 Å². The fourth-order valence-corrected chi connectivity index (χ4v) is 9.13. The highest BCUT2D eigenvalue weighted by Crippen LogP contribution is 2.48. The number of hydrogen-bond donors (Lipinski definition) is 3. The molecule has 2 aliphatic carbocycles. The van der Waals surface area contributed by atoms with Gasteiger partial charge in [0.2, 0.25) is 27.7 Å². The maximum absolute atomic E-state index is 15.1. The SMILES string of the molecule is [2H]C([2H])([2H])C1(S(=O)(=O)NC(=O)[C@@]23C[C@H]2/C=C\CC[C@H](C)C[C@@H](CC)[C@H](NC(=O)OC(C)(C)C(C)(F)F)C(=O)N2C[C@H](Oc4nccc5cc(OCC)c(F)cc45)C[C@H]2C(=O)N3)CC1. The monoisotopic (exact) mass is 866 g/mol. The quantitative estimate of drug-likeness (QED) is 0.229. The highest BCUT2D eigenvalue weighted by atomic mass is 32.2. The minimum absolute atomic E-state index is 0.00351. The van der Waals surface area contributed by atoms with Gasteiger partial charge in [-0.2, -0.15) is 0 Å². The van der Waals surface area contributed by atoms with Crippen LogP contribution in [-0.4, -0.2) is 95.3 Å². The first kappa shape index (κ1) is 40.8. The van der Waals surface area contributed by atoms with E-state index in [0.29, 0.717) is 38.0 Å². The summed E-state index contributed by atoms with van der Waals surface area (Å²) in [7, 11) is -4.77. The zero-order chi connectivity index (χ0) is 46.5. The number of nitrogens with one attached hydrogen (secondary N) is 3. The molecule has 2 aliphatic heterocycles. The third-order valence-corrected chi connectivity index (χ3v) is 14.1. The van der Waals surface area contributed by atoms with Gasteiger partial charge in [0, 0.05) is 35.0 Å². The predicted octanol–water partition coefficient (Wildman–Crippen LogP) is 5.93. The smallest absolute Gasteiger partial charge is 0.408 e. The predicted molar refractivity (Wildman–Crippen MR) is 215 cm³/mol. The molecule has 3 fully saturated rings. The van der Waals surface area contributed by atoms with Crippen molar-refractivity contribution in [3.63, 3.8) is 0 Å². The Hall–Kier alpha value is -4.61. The lowest BCUT2D eigenvalue weighted by Crippen LogP contribution is -2.60. The van der Waals surface area contributed by atoms with Gasteiger partial charge in [0.05, 0.1) is 17.9 Å². The molecule has 1 aromatic carbocycles. The van der Waals surface area contributed by atoms with E-state index >= 15 is 9.18 Å². The molecule has 3 N–H and O–H groups in total. The molecule has 18 heteroatoms. The van der Waals surface area contributed by atoms with E-state index in [1.807, 2.05) is 11.6 Å². The van der Waals surface area contributed by atoms with Gasteiger partial charge in [-0.1, -0.05) is 32.4 Å². The molecule has 0 unspecified atom stereocenters. The Morgan fingerprint density at radius 2 is 1.88 bits per heavy atom. The van der Waals surface area contributed by atoms with Gasteiger partial charge in [-0.3, -0.25) is 19.1 Å². The minimum atomic E-state index is -4.77. The molecule has 1 aromatic heterocycles. The number of benzene rings is 1. The number of alkyl carbamates (subject to hydrolysis) is 1. The third-order valence-electron chi connectivity index (χ3n) is 12.3. The molecule has 330 valence electrons. The number of carbonyl (C=O) groups excluding carboxylic acids is 4. The first-order chi connectivity index (χ1) is 29.3. The van der Waals surface area contributed by atoms with Gasteiger partial charge in [0.25, 0.3) is 11.8 Å². The number of amides is 4. The van der Waals surface area contributed by atoms with Crippen molar-refractivity contribution in [1.82, 2.24) is 25.2 Å². The van der Waals surface area contributed by atoms with Crippen LogP contribution in [-0.2, 0) is 29.1 Å². The molecule has 1 saturated heterocycles. The van der Waals surface area contributed by atoms with Crippen molar-refractivity contribution in [2.45, 2.75) is 140 Å². The zero-order valence-corrected chi connectivity index (χ0v) is 35.4. The molecule has 7 atom stereocenters. The highest BCUT2D eigenvalue weighted by molar-refractivity contribution is 7.91. The van der Waals surface area contributed by atoms with Crippen molar-refractivity contribution in [1.29, 1.82) is 0 Å². The summed E-state index contributed by atoms with van der Waals surface area (Å²) in [5, 5.41) is 6.01. The Labute approximate surface area is 353 Å². The number of nitrogens with zero attached hydrogens (tertiary/aromatic N) is 2. The molecule has 6 rings (SSSR count). The van der Waals surface area contributed by atoms with Gasteiger partial charge in [-0.05, 0) is 102 Å². The van der Waals surface area contributed by atoms with E-state index in [0.717, 1.165) is 18.7 Å². The molecule has 4 aliphatic rings. The first-order valence-electron chi connectivity index (χ1n) is 21.9. The molecule has 4 amide bonds. The lowest BCUT2D eigenvalue weighted by Gasteiger charge is -2.35. The summed E-state index contributed by atoms with van der Waals surface area (Å²) in [5.74, 6) is -8.36. The zero-order valence-electron chi connectivity index (χ0n) is 37.6. The largest absolute Gasteiger partial charge is 0.491 e. The van der Waals surface area contributed by atoms with Crippen molar-refractivity contribution < 1.29 is 59.1 Å². The van der Waals surface area contributed by atoms with Crippen LogP contribution < -0.4 is 24.8 Å². The maximum atomic E-state index is 15.1. The second kappa shape index (κ2) is 16.7. The van der Waals surface area contributed by atoms with E-state index in [9.17, 15) is 31.6 Å². The summed E-state index contributed by atoms with van der Waals surface area (Å²) >= 11 is 0. The standard InChI is InChI=1S/C42H56F3N5O9S/c1-8-25-18-24(3)12-10-11-13-27-22-42(27,37(53)49-60(55,56)40(6)15-16-40)48-34(51)31-20-28(58-35-29-21-30(43)32(57-9-2)19-26(29)14-17-46-35)23-50(31)36(52)33(25)47-38(54)59-39(4,5)41(7,44)45/h11,13-14,17,19,21,24-25,27-28,31,33H,8-10,12,15-16,18,20,22-23H2,1-7H3,(H,47,54)(H,48,51)(H,49,53)/b13-11-/t24-,25+,27+,28+,31-,33-,42+/m0/s1/i6D3. The summed E-state index contributed by atoms with van der Waals surface area (Å²) < 4.78 is 111. The minimum Gasteiger partial charge on any atom is -0.491 e. The van der Waals surface area contributed by atoms with E-state index in [4.69, 9.17) is 18.3 Å². The van der Waals surface area contributed by atoms with Crippen LogP contribution in [0.15, 0.2) is 36.5 Å². The summed E-state index contributed by atoms with van der Waals surface area (Å²) in [6, 6.07) is 1.44. The van der Waals surface area contributed by atoms with Gasteiger partial charge < -0.3 is 29.7 Å². The highest BCUT2D eigenvalue weighted by Gasteiger charge is 2.63. The second-order valence-corrected chi connectivity index (χ2v) is 19.2. The van der Waals surface area contributed by atoms with Gasteiger partial charge in [0.15, 0.2) is 17.2 Å². The summed E-state index contributed by atoms with van der Waals surface area (Å²) in [6.07, 6.45) is 3.74. The fraction of sp³-hybridized carbons (Fsp3) is 0.643. The number of sulfonamides is 1. The van der Waals surface area contributed by atoms with Crippen molar-refractivity contribution in [3.8, 4) is 11.6 Å². The third kappa shape index (κ3) is 9.17. The Balaban J connectivity index is 1.38. The van der Waals surface area contributed by atoms with Crippen molar-refractivity contribution in [2.24, 2.45) is 17.8 Å². The summed E-state index contributed by atoms with van der Waals surface area (Å²) in [4.78, 5) is 62.7. The fourth-order valence-electron chi connectivity index (χ4n) is 7.87. The number of carbonyl (C=O) groups is 4. The molecule has 3 heterocycles. The van der Waals surface area contributed by atoms with Crippen LogP contribution >= 0.6 is 0 Å². The molecule has 2 saturated carbocycles. The molecule has 0 spiro atoms. The molecular weight excluding hydrogens is 808 g/mol. The number of rotatable bonds is 11.